The maximum Gasteiger partial charge on any atom is 0.231 e. The first-order chi connectivity index (χ1) is 10.6. The molecule has 1 aromatic carbocycles. The number of hydrogen-bond donors (Lipinski definition) is 1. The highest BCUT2D eigenvalue weighted by Gasteiger charge is 2.13. The second-order valence-electron chi connectivity index (χ2n) is 2.67. The summed E-state index contributed by atoms with van der Waals surface area (Å²) < 4.78 is 84.5. The van der Waals surface area contributed by atoms with Crippen molar-refractivity contribution in [1.82, 2.24) is 5.32 Å². The molecule has 1 atom stereocenters. The van der Waals surface area contributed by atoms with Crippen molar-refractivity contribution in [2.45, 2.75) is 19.3 Å². The number of rotatable bonds is 3. The van der Waals surface area contributed by atoms with Crippen molar-refractivity contribution in [3.05, 3.63) is 23.8 Å². The highest BCUT2D eigenvalue weighted by Crippen LogP contribution is 2.32. The largest absolute Gasteiger partial charge is 0.454 e. The summed E-state index contributed by atoms with van der Waals surface area (Å²) in [6.45, 7) is -8.21. The number of likely N-dealkylation sites (N-methyl/N-ethyl adjacent to an activating group) is 1. The SMILES string of the molecule is [2H]C([2H])([2H])NC(C([2H])([2H])[2H])C([2H])([2H])c1ccc2c(c1)OC([2H])([2H])O2. The van der Waals surface area contributed by atoms with Gasteiger partial charge in [-0.2, -0.15) is 0 Å². The number of nitrogens with one attached hydrogen (secondary N) is 1. The van der Waals surface area contributed by atoms with E-state index in [-0.39, 0.29) is 17.1 Å². The maximum absolute atomic E-state index is 8.13. The fraction of sp³-hybridized carbons (Fsp3) is 0.455. The van der Waals surface area contributed by atoms with Crippen LogP contribution in [0.1, 0.15) is 26.1 Å². The molecule has 1 heterocycles. The van der Waals surface area contributed by atoms with Crippen LogP contribution in [0.25, 0.3) is 0 Å². The van der Waals surface area contributed by atoms with Crippen LogP contribution in [-0.2, 0) is 6.37 Å². The molecule has 0 aromatic heterocycles. The van der Waals surface area contributed by atoms with Crippen molar-refractivity contribution in [3.8, 4) is 11.5 Å². The van der Waals surface area contributed by atoms with Gasteiger partial charge in [0.2, 0.25) is 6.75 Å². The molecule has 76 valence electrons. The smallest absolute Gasteiger partial charge is 0.231 e. The second-order valence-corrected chi connectivity index (χ2v) is 2.67. The Morgan fingerprint density at radius 2 is 2.57 bits per heavy atom. The lowest BCUT2D eigenvalue weighted by Crippen LogP contribution is -2.23. The predicted molar refractivity (Wildman–Crippen MR) is 54.8 cm³/mol. The summed E-state index contributed by atoms with van der Waals surface area (Å²) in [6, 6.07) is 1.51. The third-order valence-electron chi connectivity index (χ3n) is 1.70. The molecule has 0 spiro atoms. The molecular formula is C11H15NO2. The Bertz CT molecular complexity index is 624. The summed E-state index contributed by atoms with van der Waals surface area (Å²) in [5.41, 5.74) is -0.180. The number of benzene rings is 1. The molecule has 0 saturated carbocycles. The summed E-state index contributed by atoms with van der Waals surface area (Å²) in [7, 11) is 0. The first kappa shape index (κ1) is 3.14. The molecule has 1 unspecified atom stereocenters. The Kier molecular flexibility index (Phi) is 0.869. The molecule has 2 rings (SSSR count). The van der Waals surface area contributed by atoms with E-state index in [9.17, 15) is 0 Å². The van der Waals surface area contributed by atoms with Crippen LogP contribution in [0.2, 0.25) is 0 Å². The summed E-state index contributed by atoms with van der Waals surface area (Å²) in [5, 5.41) is 1.84. The lowest BCUT2D eigenvalue weighted by Gasteiger charge is -2.09. The third kappa shape index (κ3) is 1.82. The number of fused-ring (bicyclic) bond motifs is 1. The van der Waals surface area contributed by atoms with Gasteiger partial charge in [0.15, 0.2) is 11.5 Å². The Labute approximate surface area is 98.1 Å². The van der Waals surface area contributed by atoms with Gasteiger partial charge in [0.25, 0.3) is 0 Å². The zero-order valence-electron chi connectivity index (χ0n) is 17.1. The number of ether oxygens (including phenoxy) is 2. The van der Waals surface area contributed by atoms with Crippen LogP contribution in [-0.4, -0.2) is 19.8 Å². The molecule has 0 radical (unpaired) electrons. The van der Waals surface area contributed by atoms with Gasteiger partial charge in [-0.15, -0.1) is 0 Å². The molecule has 0 amide bonds. The predicted octanol–water partition coefficient (Wildman–Crippen LogP) is 1.57. The molecule has 1 N–H and O–H groups in total. The summed E-state index contributed by atoms with van der Waals surface area (Å²) in [6.07, 6.45) is -2.60. The van der Waals surface area contributed by atoms with Crippen LogP contribution in [0, 0.1) is 0 Å². The average Bonchev–Trinajstić information content (AvgIpc) is 2.66. The monoisotopic (exact) mass is 203 g/mol. The molecule has 14 heavy (non-hydrogen) atoms. The van der Waals surface area contributed by atoms with Crippen molar-refractivity contribution in [1.29, 1.82) is 0 Å². The van der Waals surface area contributed by atoms with E-state index in [4.69, 9.17) is 23.2 Å². The van der Waals surface area contributed by atoms with Crippen molar-refractivity contribution in [3.63, 3.8) is 0 Å². The molecule has 0 aliphatic carbocycles. The fourth-order valence-electron chi connectivity index (χ4n) is 1.08. The summed E-state index contributed by atoms with van der Waals surface area (Å²) in [5.74, 6) is -0.0617. The normalized spacial score (nSPS) is 32.6. The molecule has 1 aromatic rings. The van der Waals surface area contributed by atoms with E-state index >= 15 is 0 Å². The van der Waals surface area contributed by atoms with Gasteiger partial charge in [-0.3, -0.25) is 0 Å². The highest BCUT2D eigenvalue weighted by molar-refractivity contribution is 5.44. The molecule has 3 heteroatoms. The second kappa shape index (κ2) is 3.88. The molecule has 0 saturated heterocycles. The lowest BCUT2D eigenvalue weighted by molar-refractivity contribution is 0.174. The van der Waals surface area contributed by atoms with Gasteiger partial charge in [-0.25, -0.2) is 0 Å². The Balaban J connectivity index is 2.41. The fourth-order valence-corrected chi connectivity index (χ4v) is 1.08. The first-order valence-corrected chi connectivity index (χ1v) is 3.92. The standard InChI is InChI=1S/C11H15NO2/c1-8(12-2)5-9-3-4-10-11(6-9)14-7-13-10/h3-4,6,8,12H,5,7H2,1-2H3/i1D3,2D3,5D2,7D2. The van der Waals surface area contributed by atoms with Gasteiger partial charge in [0.1, 0.15) is 2.74 Å². The number of hydrogen-bond acceptors (Lipinski definition) is 3. The van der Waals surface area contributed by atoms with E-state index in [0.29, 0.717) is 0 Å². The van der Waals surface area contributed by atoms with Gasteiger partial charge in [-0.1, -0.05) is 6.07 Å². The molecule has 1 aliphatic heterocycles. The van der Waals surface area contributed by atoms with Gasteiger partial charge in [0, 0.05) is 17.0 Å². The first-order valence-electron chi connectivity index (χ1n) is 8.92. The minimum atomic E-state index is -2.94. The van der Waals surface area contributed by atoms with E-state index in [1.165, 1.54) is 12.1 Å². The molecular weight excluding hydrogens is 178 g/mol. The van der Waals surface area contributed by atoms with Crippen LogP contribution in [0.4, 0.5) is 0 Å². The van der Waals surface area contributed by atoms with Crippen LogP contribution in [0.3, 0.4) is 0 Å². The van der Waals surface area contributed by atoms with E-state index in [2.05, 4.69) is 0 Å². The van der Waals surface area contributed by atoms with Crippen LogP contribution >= 0.6 is 0 Å². The summed E-state index contributed by atoms with van der Waals surface area (Å²) in [4.78, 5) is 0. The molecule has 1 aliphatic rings. The Morgan fingerprint density at radius 1 is 1.64 bits per heavy atom. The quantitative estimate of drug-likeness (QED) is 0.809. The maximum atomic E-state index is 8.13. The van der Waals surface area contributed by atoms with Gasteiger partial charge >= 0.3 is 0 Å². The minimum absolute atomic E-state index is 0.0359. The zero-order valence-corrected chi connectivity index (χ0v) is 7.13. The highest BCUT2D eigenvalue weighted by atomic mass is 16.7. The Hall–Kier alpha value is -1.22. The van der Waals surface area contributed by atoms with E-state index < -0.39 is 33.0 Å². The van der Waals surface area contributed by atoms with Crippen molar-refractivity contribution in [2.24, 2.45) is 0 Å². The molecule has 0 bridgehead atoms. The van der Waals surface area contributed by atoms with Crippen molar-refractivity contribution >= 4 is 0 Å². The van der Waals surface area contributed by atoms with E-state index in [0.717, 1.165) is 6.07 Å². The van der Waals surface area contributed by atoms with Crippen LogP contribution in [0.5, 0.6) is 11.5 Å². The Morgan fingerprint density at radius 3 is 3.43 bits per heavy atom. The van der Waals surface area contributed by atoms with Crippen molar-refractivity contribution < 1.29 is 23.2 Å². The topological polar surface area (TPSA) is 30.5 Å². The molecule has 0 fully saturated rings. The average molecular weight is 203 g/mol. The van der Waals surface area contributed by atoms with Gasteiger partial charge in [0.05, 0.1) is 0 Å². The van der Waals surface area contributed by atoms with Gasteiger partial charge < -0.3 is 14.8 Å². The van der Waals surface area contributed by atoms with Gasteiger partial charge in [-0.05, 0) is 37.9 Å². The molecule has 3 nitrogen and oxygen atoms in total. The zero-order chi connectivity index (χ0) is 18.6. The minimum Gasteiger partial charge on any atom is -0.454 e. The van der Waals surface area contributed by atoms with Crippen LogP contribution in [0.15, 0.2) is 18.2 Å². The third-order valence-corrected chi connectivity index (χ3v) is 1.70. The van der Waals surface area contributed by atoms with Crippen molar-refractivity contribution in [2.75, 3.05) is 13.7 Å². The van der Waals surface area contributed by atoms with E-state index in [1.807, 2.05) is 5.32 Å². The van der Waals surface area contributed by atoms with Crippen LogP contribution < -0.4 is 14.8 Å². The summed E-state index contributed by atoms with van der Waals surface area (Å²) >= 11 is 0. The lowest BCUT2D eigenvalue weighted by atomic mass is 10.1. The van der Waals surface area contributed by atoms with E-state index in [1.54, 1.807) is 0 Å².